The van der Waals surface area contributed by atoms with Gasteiger partial charge in [-0.2, -0.15) is 0 Å². The van der Waals surface area contributed by atoms with Crippen LogP contribution in [0.1, 0.15) is 54.7 Å². The fourth-order valence-electron chi connectivity index (χ4n) is 4.56. The number of carbonyl (C=O) groups is 1. The van der Waals surface area contributed by atoms with Gasteiger partial charge in [-0.3, -0.25) is 9.69 Å². The Morgan fingerprint density at radius 2 is 2.03 bits per heavy atom. The first kappa shape index (κ1) is 21.1. The summed E-state index contributed by atoms with van der Waals surface area (Å²) in [7, 11) is -3.03. The molecule has 1 fully saturated rings. The lowest BCUT2D eigenvalue weighted by Gasteiger charge is -2.27. The third-order valence-electron chi connectivity index (χ3n) is 6.26. The largest absolute Gasteiger partial charge is 0.468 e. The summed E-state index contributed by atoms with van der Waals surface area (Å²) in [6.07, 6.45) is 6.87. The number of nitrogens with zero attached hydrogens (tertiary/aromatic N) is 1. The lowest BCUT2D eigenvalue weighted by atomic mass is 9.89. The summed E-state index contributed by atoms with van der Waals surface area (Å²) in [5.74, 6) is 0.909. The van der Waals surface area contributed by atoms with Crippen molar-refractivity contribution in [3.8, 4) is 0 Å². The monoisotopic (exact) mass is 430 g/mol. The van der Waals surface area contributed by atoms with Crippen LogP contribution in [0.4, 0.5) is 0 Å². The molecular formula is C23H30N2O4S. The molecule has 1 aliphatic heterocycles. The number of hydrogen-bond donors (Lipinski definition) is 1. The van der Waals surface area contributed by atoms with Gasteiger partial charge in [-0.05, 0) is 67.9 Å². The van der Waals surface area contributed by atoms with Crippen LogP contribution in [-0.4, -0.2) is 43.3 Å². The molecule has 2 atom stereocenters. The topological polar surface area (TPSA) is 79.6 Å². The molecule has 6 nitrogen and oxygen atoms in total. The molecule has 2 aromatic rings. The van der Waals surface area contributed by atoms with Gasteiger partial charge in [0.15, 0.2) is 9.84 Å². The summed E-state index contributed by atoms with van der Waals surface area (Å²) >= 11 is 0. The fourth-order valence-corrected chi connectivity index (χ4v) is 6.32. The lowest BCUT2D eigenvalue weighted by Crippen LogP contribution is -2.43. The maximum Gasteiger partial charge on any atom is 0.234 e. The number of amides is 1. The molecule has 4 rings (SSSR count). The summed E-state index contributed by atoms with van der Waals surface area (Å²) < 4.78 is 29.4. The number of carbonyl (C=O) groups excluding carboxylic acids is 1. The fraction of sp³-hybridized carbons (Fsp3) is 0.522. The van der Waals surface area contributed by atoms with Crippen LogP contribution < -0.4 is 5.32 Å². The number of benzene rings is 1. The van der Waals surface area contributed by atoms with Crippen LogP contribution in [0.2, 0.25) is 0 Å². The number of sulfone groups is 1. The highest BCUT2D eigenvalue weighted by Crippen LogP contribution is 2.25. The maximum atomic E-state index is 12.8. The highest BCUT2D eigenvalue weighted by molar-refractivity contribution is 7.91. The molecule has 1 saturated heterocycles. The zero-order valence-corrected chi connectivity index (χ0v) is 18.3. The average Bonchev–Trinajstić information content (AvgIpc) is 3.36. The van der Waals surface area contributed by atoms with Crippen molar-refractivity contribution in [1.82, 2.24) is 10.2 Å². The zero-order valence-electron chi connectivity index (χ0n) is 17.5. The smallest absolute Gasteiger partial charge is 0.234 e. The van der Waals surface area contributed by atoms with E-state index in [9.17, 15) is 13.2 Å². The average molecular weight is 431 g/mol. The Labute approximate surface area is 178 Å². The van der Waals surface area contributed by atoms with Crippen LogP contribution in [0.5, 0.6) is 0 Å². The van der Waals surface area contributed by atoms with Crippen LogP contribution in [0.3, 0.4) is 0 Å². The van der Waals surface area contributed by atoms with Gasteiger partial charge in [-0.1, -0.05) is 18.2 Å². The summed E-state index contributed by atoms with van der Waals surface area (Å²) in [5, 5.41) is 3.10. The van der Waals surface area contributed by atoms with Gasteiger partial charge in [-0.25, -0.2) is 8.42 Å². The number of fused-ring (bicyclic) bond motifs is 1. The van der Waals surface area contributed by atoms with Crippen molar-refractivity contribution in [3.63, 3.8) is 0 Å². The summed E-state index contributed by atoms with van der Waals surface area (Å²) in [4.78, 5) is 14.8. The van der Waals surface area contributed by atoms with E-state index in [4.69, 9.17) is 4.42 Å². The van der Waals surface area contributed by atoms with Crippen LogP contribution in [0.25, 0.3) is 0 Å². The minimum Gasteiger partial charge on any atom is -0.468 e. The SMILES string of the molecule is C[C@@H](NC(=O)CN(Cc1ccco1)[C@@H]1CCS(=O)(=O)C1)c1ccc2c(c1)CCCC2. The number of nitrogens with one attached hydrogen (secondary N) is 1. The van der Waals surface area contributed by atoms with Gasteiger partial charge >= 0.3 is 0 Å². The predicted octanol–water partition coefficient (Wildman–Crippen LogP) is 3.02. The molecule has 7 heteroatoms. The highest BCUT2D eigenvalue weighted by Gasteiger charge is 2.33. The van der Waals surface area contributed by atoms with Crippen LogP contribution in [-0.2, 0) is 34.0 Å². The molecule has 0 saturated carbocycles. The minimum absolute atomic E-state index is 0.0949. The molecule has 1 aliphatic carbocycles. The Morgan fingerprint density at radius 1 is 1.23 bits per heavy atom. The Balaban J connectivity index is 1.41. The summed E-state index contributed by atoms with van der Waals surface area (Å²) in [5.41, 5.74) is 3.94. The van der Waals surface area contributed by atoms with Gasteiger partial charge in [0.25, 0.3) is 0 Å². The van der Waals surface area contributed by atoms with E-state index in [1.165, 1.54) is 24.0 Å². The maximum absolute atomic E-state index is 12.8. The second kappa shape index (κ2) is 8.94. The zero-order chi connectivity index (χ0) is 21.1. The normalized spacial score (nSPS) is 21.3. The van der Waals surface area contributed by atoms with E-state index < -0.39 is 9.84 Å². The van der Waals surface area contributed by atoms with Crippen molar-refractivity contribution in [3.05, 3.63) is 59.0 Å². The molecule has 162 valence electrons. The molecule has 1 aromatic heterocycles. The van der Waals surface area contributed by atoms with E-state index in [0.717, 1.165) is 24.2 Å². The van der Waals surface area contributed by atoms with Gasteiger partial charge in [-0.15, -0.1) is 0 Å². The predicted molar refractivity (Wildman–Crippen MR) is 116 cm³/mol. The number of hydrogen-bond acceptors (Lipinski definition) is 5. The lowest BCUT2D eigenvalue weighted by molar-refractivity contribution is -0.123. The van der Waals surface area contributed by atoms with E-state index in [1.807, 2.05) is 17.9 Å². The molecule has 0 bridgehead atoms. The van der Waals surface area contributed by atoms with Gasteiger partial charge < -0.3 is 9.73 Å². The van der Waals surface area contributed by atoms with Crippen molar-refractivity contribution < 1.29 is 17.6 Å². The number of aryl methyl sites for hydroxylation is 2. The van der Waals surface area contributed by atoms with Gasteiger partial charge in [0.1, 0.15) is 5.76 Å². The molecular weight excluding hydrogens is 400 g/mol. The standard InChI is InChI=1S/C23H30N2O4S/c1-17(19-9-8-18-5-2-3-6-20(18)13-19)24-23(26)15-25(14-22-7-4-11-29-22)21-10-12-30(27,28)16-21/h4,7-9,11,13,17,21H,2-3,5-6,10,12,14-16H2,1H3,(H,24,26)/t17-,21-/m1/s1. The van der Waals surface area contributed by atoms with Crippen molar-refractivity contribution in [1.29, 1.82) is 0 Å². The van der Waals surface area contributed by atoms with E-state index in [2.05, 4.69) is 23.5 Å². The van der Waals surface area contributed by atoms with E-state index in [-0.39, 0.29) is 36.0 Å². The second-order valence-corrected chi connectivity index (χ2v) is 10.8. The van der Waals surface area contributed by atoms with Gasteiger partial charge in [0.2, 0.25) is 5.91 Å². The number of furan rings is 1. The molecule has 0 spiro atoms. The van der Waals surface area contributed by atoms with E-state index >= 15 is 0 Å². The van der Waals surface area contributed by atoms with Crippen molar-refractivity contribution >= 4 is 15.7 Å². The molecule has 2 aliphatic rings. The highest BCUT2D eigenvalue weighted by atomic mass is 32.2. The molecule has 30 heavy (non-hydrogen) atoms. The molecule has 0 unspecified atom stereocenters. The molecule has 0 radical (unpaired) electrons. The van der Waals surface area contributed by atoms with Crippen molar-refractivity contribution in [2.24, 2.45) is 0 Å². The first-order valence-electron chi connectivity index (χ1n) is 10.8. The third kappa shape index (κ3) is 5.13. The first-order valence-corrected chi connectivity index (χ1v) is 12.6. The molecule has 1 aromatic carbocycles. The van der Waals surface area contributed by atoms with Crippen molar-refractivity contribution in [2.75, 3.05) is 18.1 Å². The Hall–Kier alpha value is -2.12. The summed E-state index contributed by atoms with van der Waals surface area (Å²) in [6.45, 7) is 2.57. The Kier molecular flexibility index (Phi) is 6.29. The molecule has 1 amide bonds. The minimum atomic E-state index is -3.03. The second-order valence-electron chi connectivity index (χ2n) is 8.57. The number of rotatable bonds is 7. The quantitative estimate of drug-likeness (QED) is 0.730. The van der Waals surface area contributed by atoms with Crippen LogP contribution in [0.15, 0.2) is 41.0 Å². The first-order chi connectivity index (χ1) is 14.4. The summed E-state index contributed by atoms with van der Waals surface area (Å²) in [6, 6.07) is 9.93. The van der Waals surface area contributed by atoms with Crippen LogP contribution in [0, 0.1) is 0 Å². The van der Waals surface area contributed by atoms with Gasteiger partial charge in [0, 0.05) is 6.04 Å². The van der Waals surface area contributed by atoms with E-state index in [1.54, 1.807) is 12.3 Å². The van der Waals surface area contributed by atoms with E-state index in [0.29, 0.717) is 13.0 Å². The van der Waals surface area contributed by atoms with Crippen molar-refractivity contribution in [2.45, 2.75) is 57.7 Å². The van der Waals surface area contributed by atoms with Gasteiger partial charge in [0.05, 0.1) is 36.9 Å². The van der Waals surface area contributed by atoms with Crippen LogP contribution >= 0.6 is 0 Å². The molecule has 2 heterocycles. The Morgan fingerprint density at radius 3 is 2.73 bits per heavy atom. The molecule has 1 N–H and O–H groups in total. The Bertz CT molecular complexity index is 985. The third-order valence-corrected chi connectivity index (χ3v) is 8.01.